The molecule has 1 saturated carbocycles. The lowest BCUT2D eigenvalue weighted by Crippen LogP contribution is -2.52. The Morgan fingerprint density at radius 3 is 2.11 bits per heavy atom. The summed E-state index contributed by atoms with van der Waals surface area (Å²) in [6, 6.07) is -0.0572. The summed E-state index contributed by atoms with van der Waals surface area (Å²) in [5.41, 5.74) is 1.26. The van der Waals surface area contributed by atoms with Crippen molar-refractivity contribution in [3.63, 3.8) is 0 Å². The van der Waals surface area contributed by atoms with Crippen molar-refractivity contribution in [2.75, 3.05) is 26.2 Å². The maximum atomic E-state index is 11.9. The van der Waals surface area contributed by atoms with Crippen LogP contribution in [0.1, 0.15) is 26.7 Å². The van der Waals surface area contributed by atoms with Crippen molar-refractivity contribution >= 4 is 11.9 Å². The number of amides is 3. The van der Waals surface area contributed by atoms with Gasteiger partial charge in [0.05, 0.1) is 0 Å². The van der Waals surface area contributed by atoms with Crippen LogP contribution in [-0.2, 0) is 4.79 Å². The monoisotopic (exact) mass is 251 g/mol. The highest BCUT2D eigenvalue weighted by molar-refractivity contribution is 5.76. The highest BCUT2D eigenvalue weighted by Gasteiger charge is 2.24. The Morgan fingerprint density at radius 1 is 1.06 bits per heavy atom. The largest absolute Gasteiger partial charge is 0.339 e. The second-order valence-electron chi connectivity index (χ2n) is 5.11. The minimum atomic E-state index is -0.0572. The molecule has 2 fully saturated rings. The van der Waals surface area contributed by atoms with Gasteiger partial charge < -0.3 is 15.1 Å². The van der Waals surface area contributed by atoms with Crippen molar-refractivity contribution in [1.82, 2.24) is 15.1 Å². The average Bonchev–Trinajstić information content (AvgIpc) is 3.20. The molecule has 18 heavy (non-hydrogen) atoms. The van der Waals surface area contributed by atoms with Gasteiger partial charge in [-0.15, -0.1) is 0 Å². The van der Waals surface area contributed by atoms with Gasteiger partial charge in [0.15, 0.2) is 0 Å². The van der Waals surface area contributed by atoms with Crippen LogP contribution in [0, 0.1) is 5.92 Å². The van der Waals surface area contributed by atoms with E-state index in [1.54, 1.807) is 16.7 Å². The predicted molar refractivity (Wildman–Crippen MR) is 68.8 cm³/mol. The van der Waals surface area contributed by atoms with Gasteiger partial charge in [0.1, 0.15) is 0 Å². The van der Waals surface area contributed by atoms with E-state index in [0.29, 0.717) is 32.1 Å². The predicted octanol–water partition coefficient (Wildman–Crippen LogP) is 1.17. The van der Waals surface area contributed by atoms with E-state index < -0.39 is 0 Å². The molecule has 0 aromatic rings. The van der Waals surface area contributed by atoms with E-state index in [2.05, 4.69) is 12.2 Å². The van der Waals surface area contributed by atoms with E-state index in [0.717, 1.165) is 0 Å². The third-order valence-corrected chi connectivity index (χ3v) is 3.66. The molecule has 1 N–H and O–H groups in total. The summed E-state index contributed by atoms with van der Waals surface area (Å²) in [4.78, 5) is 26.6. The van der Waals surface area contributed by atoms with Crippen LogP contribution in [0.3, 0.4) is 0 Å². The lowest BCUT2D eigenvalue weighted by molar-refractivity contribution is -0.130. The van der Waals surface area contributed by atoms with Crippen molar-refractivity contribution in [3.05, 3.63) is 11.8 Å². The van der Waals surface area contributed by atoms with Gasteiger partial charge in [0.25, 0.3) is 0 Å². The highest BCUT2D eigenvalue weighted by Crippen LogP contribution is 2.35. The molecule has 0 aromatic carbocycles. The molecule has 0 aromatic heterocycles. The number of nitrogens with zero attached hydrogens (tertiary/aromatic N) is 2. The highest BCUT2D eigenvalue weighted by atomic mass is 16.2. The van der Waals surface area contributed by atoms with Gasteiger partial charge in [-0.2, -0.15) is 0 Å². The number of carbonyl (C=O) groups excluding carboxylic acids is 2. The lowest BCUT2D eigenvalue weighted by Gasteiger charge is -2.33. The molecule has 2 aliphatic rings. The average molecular weight is 251 g/mol. The van der Waals surface area contributed by atoms with Gasteiger partial charge in [-0.1, -0.05) is 5.57 Å². The molecule has 0 atom stereocenters. The SMILES string of the molecule is CC(=O)N1CCN(C(=O)N/C=C(\C)C2CC2)CC1. The Balaban J connectivity index is 1.76. The minimum Gasteiger partial charge on any atom is -0.339 e. The van der Waals surface area contributed by atoms with Crippen molar-refractivity contribution < 1.29 is 9.59 Å². The molecular formula is C13H21N3O2. The molecular weight excluding hydrogens is 230 g/mol. The van der Waals surface area contributed by atoms with Gasteiger partial charge in [0, 0.05) is 39.3 Å². The topological polar surface area (TPSA) is 52.7 Å². The van der Waals surface area contributed by atoms with E-state index >= 15 is 0 Å². The molecule has 1 saturated heterocycles. The molecule has 0 unspecified atom stereocenters. The summed E-state index contributed by atoms with van der Waals surface area (Å²) >= 11 is 0. The first-order chi connectivity index (χ1) is 8.58. The maximum Gasteiger partial charge on any atom is 0.321 e. The van der Waals surface area contributed by atoms with Crippen molar-refractivity contribution in [2.24, 2.45) is 5.92 Å². The van der Waals surface area contributed by atoms with E-state index in [4.69, 9.17) is 0 Å². The zero-order valence-electron chi connectivity index (χ0n) is 11.1. The molecule has 1 aliphatic heterocycles. The Labute approximate surface area is 108 Å². The summed E-state index contributed by atoms with van der Waals surface area (Å²) in [5, 5.41) is 2.84. The zero-order valence-corrected chi connectivity index (χ0v) is 11.1. The van der Waals surface area contributed by atoms with Crippen molar-refractivity contribution in [1.29, 1.82) is 0 Å². The molecule has 1 aliphatic carbocycles. The van der Waals surface area contributed by atoms with Gasteiger partial charge in [-0.05, 0) is 25.7 Å². The van der Waals surface area contributed by atoms with Crippen LogP contribution in [0.25, 0.3) is 0 Å². The number of urea groups is 1. The zero-order chi connectivity index (χ0) is 13.1. The fourth-order valence-corrected chi connectivity index (χ4v) is 2.15. The number of nitrogens with one attached hydrogen (secondary N) is 1. The summed E-state index contributed by atoms with van der Waals surface area (Å²) in [7, 11) is 0. The molecule has 2 rings (SSSR count). The fourth-order valence-electron chi connectivity index (χ4n) is 2.15. The molecule has 0 spiro atoms. The number of hydrogen-bond donors (Lipinski definition) is 1. The van der Waals surface area contributed by atoms with Crippen molar-refractivity contribution in [2.45, 2.75) is 26.7 Å². The van der Waals surface area contributed by atoms with Crippen LogP contribution in [0.5, 0.6) is 0 Å². The maximum absolute atomic E-state index is 11.9. The lowest BCUT2D eigenvalue weighted by atomic mass is 10.2. The van der Waals surface area contributed by atoms with Gasteiger partial charge in [0.2, 0.25) is 5.91 Å². The molecule has 1 heterocycles. The normalized spacial score (nSPS) is 20.9. The van der Waals surface area contributed by atoms with Gasteiger partial charge in [-0.3, -0.25) is 4.79 Å². The Morgan fingerprint density at radius 2 is 1.61 bits per heavy atom. The van der Waals surface area contributed by atoms with Crippen LogP contribution < -0.4 is 5.32 Å². The van der Waals surface area contributed by atoms with Crippen LogP contribution in [0.15, 0.2) is 11.8 Å². The second kappa shape index (κ2) is 5.42. The first-order valence-electron chi connectivity index (χ1n) is 6.55. The third-order valence-electron chi connectivity index (χ3n) is 3.66. The van der Waals surface area contributed by atoms with Crippen LogP contribution in [0.4, 0.5) is 4.79 Å². The Hall–Kier alpha value is -1.52. The molecule has 3 amide bonds. The molecule has 5 heteroatoms. The Bertz CT molecular complexity index is 366. The number of carbonyl (C=O) groups is 2. The summed E-state index contributed by atoms with van der Waals surface area (Å²) < 4.78 is 0. The first kappa shape index (κ1) is 12.9. The molecule has 0 bridgehead atoms. The summed E-state index contributed by atoms with van der Waals surface area (Å²) in [5.74, 6) is 0.763. The van der Waals surface area contributed by atoms with E-state index in [9.17, 15) is 9.59 Å². The fraction of sp³-hybridized carbons (Fsp3) is 0.692. The van der Waals surface area contributed by atoms with E-state index in [-0.39, 0.29) is 11.9 Å². The van der Waals surface area contributed by atoms with Gasteiger partial charge in [-0.25, -0.2) is 4.79 Å². The standard InChI is InChI=1S/C13H21N3O2/c1-10(12-3-4-12)9-14-13(18)16-7-5-15(6-8-16)11(2)17/h9,12H,3-8H2,1-2H3,(H,14,18)/b10-9+. The minimum absolute atomic E-state index is 0.0572. The van der Waals surface area contributed by atoms with E-state index in [1.165, 1.54) is 18.4 Å². The van der Waals surface area contributed by atoms with Crippen LogP contribution >= 0.6 is 0 Å². The number of allylic oxidation sites excluding steroid dienone is 1. The van der Waals surface area contributed by atoms with Gasteiger partial charge >= 0.3 is 6.03 Å². The Kier molecular flexibility index (Phi) is 3.89. The molecule has 100 valence electrons. The van der Waals surface area contributed by atoms with Crippen LogP contribution in [-0.4, -0.2) is 47.9 Å². The quantitative estimate of drug-likeness (QED) is 0.801. The molecule has 0 radical (unpaired) electrons. The second-order valence-corrected chi connectivity index (χ2v) is 5.11. The molecule has 5 nitrogen and oxygen atoms in total. The first-order valence-corrected chi connectivity index (χ1v) is 6.55. The number of hydrogen-bond acceptors (Lipinski definition) is 2. The smallest absolute Gasteiger partial charge is 0.321 e. The number of rotatable bonds is 2. The summed E-state index contributed by atoms with van der Waals surface area (Å²) in [6.07, 6.45) is 4.32. The third kappa shape index (κ3) is 3.24. The summed E-state index contributed by atoms with van der Waals surface area (Å²) in [6.45, 7) is 6.12. The number of piperazine rings is 1. The van der Waals surface area contributed by atoms with Crippen LogP contribution in [0.2, 0.25) is 0 Å². The van der Waals surface area contributed by atoms with E-state index in [1.807, 2.05) is 6.20 Å². The van der Waals surface area contributed by atoms with Crippen molar-refractivity contribution in [3.8, 4) is 0 Å².